The van der Waals surface area contributed by atoms with E-state index in [2.05, 4.69) is 15.5 Å². The number of hydrogen-bond acceptors (Lipinski definition) is 5. The van der Waals surface area contributed by atoms with Gasteiger partial charge in [-0.1, -0.05) is 29.3 Å². The predicted octanol–water partition coefficient (Wildman–Crippen LogP) is 2.93. The van der Waals surface area contributed by atoms with E-state index in [1.54, 1.807) is 30.3 Å². The van der Waals surface area contributed by atoms with E-state index in [1.807, 2.05) is 31.0 Å². The summed E-state index contributed by atoms with van der Waals surface area (Å²) in [6.45, 7) is 4.82. The van der Waals surface area contributed by atoms with E-state index in [1.165, 1.54) is 0 Å². The van der Waals surface area contributed by atoms with Gasteiger partial charge >= 0.3 is 0 Å². The summed E-state index contributed by atoms with van der Waals surface area (Å²) in [5, 5.41) is 5.90. The maximum absolute atomic E-state index is 12.8. The van der Waals surface area contributed by atoms with Crippen molar-refractivity contribution >= 4 is 46.4 Å². The van der Waals surface area contributed by atoms with Crippen molar-refractivity contribution in [2.24, 2.45) is 0 Å². The van der Waals surface area contributed by atoms with Crippen LogP contribution < -0.4 is 15.4 Å². The zero-order valence-electron chi connectivity index (χ0n) is 17.5. The molecule has 2 aromatic carbocycles. The monoisotopic (exact) mass is 460 g/mol. The van der Waals surface area contributed by atoms with Crippen LogP contribution in [-0.4, -0.2) is 66.6 Å². The summed E-state index contributed by atoms with van der Waals surface area (Å²) in [5.74, 6) is 0.130. The lowest BCUT2D eigenvalue weighted by Gasteiger charge is -2.32. The van der Waals surface area contributed by atoms with Crippen molar-refractivity contribution in [3.05, 3.63) is 58.6 Å². The number of ether oxygens (including phenoxy) is 1. The van der Waals surface area contributed by atoms with Gasteiger partial charge in [0.15, 0.2) is 11.7 Å². The zero-order chi connectivity index (χ0) is 22.4. The quantitative estimate of drug-likeness (QED) is 0.668. The largest absolute Gasteiger partial charge is 0.484 e. The molecule has 31 heavy (non-hydrogen) atoms. The molecule has 2 amide bonds. The third-order valence-electron chi connectivity index (χ3n) is 4.90. The van der Waals surface area contributed by atoms with Gasteiger partial charge in [-0.2, -0.15) is 0 Å². The minimum Gasteiger partial charge on any atom is -0.484 e. The molecule has 1 aliphatic heterocycles. The highest BCUT2D eigenvalue weighted by atomic mass is 35.5. The van der Waals surface area contributed by atoms with Crippen molar-refractivity contribution in [1.29, 1.82) is 0 Å². The SMILES string of the molecule is Cc1ccc(OCC(=O)NC(=S)Nc2cc(C(=O)N3CCN(C)CC3)ccc2Cl)cc1. The van der Waals surface area contributed by atoms with Gasteiger partial charge in [-0.15, -0.1) is 0 Å². The van der Waals surface area contributed by atoms with Gasteiger partial charge in [-0.3, -0.25) is 14.9 Å². The Morgan fingerprint density at radius 3 is 2.45 bits per heavy atom. The van der Waals surface area contributed by atoms with Crippen LogP contribution in [0, 0.1) is 6.92 Å². The fraction of sp³-hybridized carbons (Fsp3) is 0.318. The molecule has 1 heterocycles. The Bertz CT molecular complexity index is 960. The summed E-state index contributed by atoms with van der Waals surface area (Å²) in [6.07, 6.45) is 0. The van der Waals surface area contributed by atoms with Crippen LogP contribution in [0.1, 0.15) is 15.9 Å². The molecule has 9 heteroatoms. The Hall–Kier alpha value is -2.68. The molecule has 164 valence electrons. The lowest BCUT2D eigenvalue weighted by Crippen LogP contribution is -2.47. The normalized spacial score (nSPS) is 14.1. The number of thiocarbonyl (C=S) groups is 1. The molecule has 0 aromatic heterocycles. The van der Waals surface area contributed by atoms with E-state index in [4.69, 9.17) is 28.6 Å². The molecule has 1 aliphatic rings. The highest BCUT2D eigenvalue weighted by Gasteiger charge is 2.21. The Labute approximate surface area is 192 Å². The number of piperazine rings is 1. The van der Waals surface area contributed by atoms with Gasteiger partial charge in [0.2, 0.25) is 0 Å². The summed E-state index contributed by atoms with van der Waals surface area (Å²) in [7, 11) is 2.03. The summed E-state index contributed by atoms with van der Waals surface area (Å²) < 4.78 is 5.44. The molecule has 0 spiro atoms. The molecule has 7 nitrogen and oxygen atoms in total. The molecular formula is C22H25ClN4O3S. The van der Waals surface area contributed by atoms with Crippen LogP contribution in [0.2, 0.25) is 5.02 Å². The third-order valence-corrected chi connectivity index (χ3v) is 5.43. The molecule has 0 radical (unpaired) electrons. The molecule has 0 bridgehead atoms. The maximum Gasteiger partial charge on any atom is 0.264 e. The van der Waals surface area contributed by atoms with E-state index in [0.29, 0.717) is 35.1 Å². The summed E-state index contributed by atoms with van der Waals surface area (Å²) in [4.78, 5) is 28.9. The molecule has 0 atom stereocenters. The number of carbonyl (C=O) groups excluding carboxylic acids is 2. The minimum atomic E-state index is -0.404. The molecule has 1 saturated heterocycles. The van der Waals surface area contributed by atoms with Crippen molar-refractivity contribution in [3.63, 3.8) is 0 Å². The molecule has 2 aromatic rings. The van der Waals surface area contributed by atoms with E-state index >= 15 is 0 Å². The lowest BCUT2D eigenvalue weighted by atomic mass is 10.1. The van der Waals surface area contributed by atoms with Gasteiger partial charge in [-0.25, -0.2) is 0 Å². The Morgan fingerprint density at radius 2 is 1.77 bits per heavy atom. The molecule has 2 N–H and O–H groups in total. The number of nitrogens with one attached hydrogen (secondary N) is 2. The van der Waals surface area contributed by atoms with Crippen molar-refractivity contribution in [2.45, 2.75) is 6.92 Å². The van der Waals surface area contributed by atoms with Gasteiger partial charge in [-0.05, 0) is 56.5 Å². The fourth-order valence-corrected chi connectivity index (χ4v) is 3.43. The van der Waals surface area contributed by atoms with Crippen LogP contribution >= 0.6 is 23.8 Å². The van der Waals surface area contributed by atoms with Gasteiger partial charge in [0.05, 0.1) is 10.7 Å². The zero-order valence-corrected chi connectivity index (χ0v) is 19.1. The molecule has 0 unspecified atom stereocenters. The van der Waals surface area contributed by atoms with Crippen LogP contribution in [0.15, 0.2) is 42.5 Å². The molecule has 0 saturated carbocycles. The van der Waals surface area contributed by atoms with E-state index in [0.717, 1.165) is 18.7 Å². The Balaban J connectivity index is 1.55. The standard InChI is InChI=1S/C22H25ClN4O3S/c1-15-3-6-17(7-4-15)30-14-20(28)25-22(31)24-19-13-16(5-8-18(19)23)21(29)27-11-9-26(2)10-12-27/h3-8,13H,9-12,14H2,1-2H3,(H2,24,25,28,31). The number of aryl methyl sites for hydroxylation is 1. The average Bonchev–Trinajstić information content (AvgIpc) is 2.75. The Morgan fingerprint density at radius 1 is 1.10 bits per heavy atom. The maximum atomic E-state index is 12.8. The third kappa shape index (κ3) is 6.65. The second kappa shape index (κ2) is 10.6. The number of anilines is 1. The fourth-order valence-electron chi connectivity index (χ4n) is 3.05. The molecule has 3 rings (SSSR count). The van der Waals surface area contributed by atoms with E-state index in [9.17, 15) is 9.59 Å². The van der Waals surface area contributed by atoms with Gasteiger partial charge in [0.1, 0.15) is 5.75 Å². The Kier molecular flexibility index (Phi) is 7.84. The molecule has 1 fully saturated rings. The first-order valence-electron chi connectivity index (χ1n) is 9.89. The number of benzene rings is 2. The number of carbonyl (C=O) groups is 2. The molecular weight excluding hydrogens is 436 g/mol. The van der Waals surface area contributed by atoms with Crippen LogP contribution in [0.3, 0.4) is 0 Å². The number of rotatable bonds is 5. The van der Waals surface area contributed by atoms with Gasteiger partial charge < -0.3 is 19.9 Å². The summed E-state index contributed by atoms with van der Waals surface area (Å²) in [6, 6.07) is 12.4. The first-order chi connectivity index (χ1) is 14.8. The second-order valence-corrected chi connectivity index (χ2v) is 8.21. The van der Waals surface area contributed by atoms with Gasteiger partial charge in [0.25, 0.3) is 11.8 Å². The van der Waals surface area contributed by atoms with Crippen LogP contribution in [0.25, 0.3) is 0 Å². The smallest absolute Gasteiger partial charge is 0.264 e. The van der Waals surface area contributed by atoms with Crippen LogP contribution in [0.4, 0.5) is 5.69 Å². The van der Waals surface area contributed by atoms with Crippen molar-refractivity contribution < 1.29 is 14.3 Å². The summed E-state index contributed by atoms with van der Waals surface area (Å²) >= 11 is 11.5. The van der Waals surface area contributed by atoms with Gasteiger partial charge in [0, 0.05) is 31.7 Å². The van der Waals surface area contributed by atoms with E-state index < -0.39 is 5.91 Å². The predicted molar refractivity (Wildman–Crippen MR) is 126 cm³/mol. The lowest BCUT2D eigenvalue weighted by molar-refractivity contribution is -0.121. The average molecular weight is 461 g/mol. The number of nitrogens with zero attached hydrogens (tertiary/aromatic N) is 2. The number of hydrogen-bond donors (Lipinski definition) is 2. The number of halogens is 1. The van der Waals surface area contributed by atoms with Crippen molar-refractivity contribution in [1.82, 2.24) is 15.1 Å². The van der Waals surface area contributed by atoms with Crippen LogP contribution in [-0.2, 0) is 4.79 Å². The minimum absolute atomic E-state index is 0.0609. The first-order valence-corrected chi connectivity index (χ1v) is 10.7. The number of amides is 2. The number of likely N-dealkylation sites (N-methyl/N-ethyl adjacent to an activating group) is 1. The topological polar surface area (TPSA) is 73.9 Å². The second-order valence-electron chi connectivity index (χ2n) is 7.39. The molecule has 0 aliphatic carbocycles. The summed E-state index contributed by atoms with van der Waals surface area (Å²) in [5.41, 5.74) is 2.06. The van der Waals surface area contributed by atoms with Crippen molar-refractivity contribution in [3.8, 4) is 5.75 Å². The highest BCUT2D eigenvalue weighted by molar-refractivity contribution is 7.80. The first kappa shape index (κ1) is 23.0. The van der Waals surface area contributed by atoms with Crippen LogP contribution in [0.5, 0.6) is 5.75 Å². The van der Waals surface area contributed by atoms with E-state index in [-0.39, 0.29) is 17.6 Å². The highest BCUT2D eigenvalue weighted by Crippen LogP contribution is 2.24. The van der Waals surface area contributed by atoms with Crippen molar-refractivity contribution in [2.75, 3.05) is 45.2 Å².